The minimum atomic E-state index is -3.41. The lowest BCUT2D eigenvalue weighted by molar-refractivity contribution is 0.593. The fraction of sp³-hybridized carbons (Fsp3) is 0.286. The number of aromatic nitrogens is 1. The van der Waals surface area contributed by atoms with Gasteiger partial charge in [0.1, 0.15) is 0 Å². The highest BCUT2D eigenvalue weighted by molar-refractivity contribution is 9.10. The Bertz CT molecular complexity index is 435. The molecule has 0 atom stereocenters. The minimum Gasteiger partial charge on any atom is -0.242 e. The molecule has 1 aromatic rings. The van der Waals surface area contributed by atoms with Crippen LogP contribution in [0.25, 0.3) is 0 Å². The number of hydrogen-bond donors (Lipinski definition) is 0. The molecule has 78 valence electrons. The van der Waals surface area contributed by atoms with Gasteiger partial charge in [-0.15, -0.1) is 11.6 Å². The van der Waals surface area contributed by atoms with Crippen molar-refractivity contribution in [2.45, 2.75) is 5.03 Å². The zero-order valence-corrected chi connectivity index (χ0v) is 10.8. The predicted octanol–water partition coefficient (Wildman–Crippen LogP) is 2.51. The van der Waals surface area contributed by atoms with Gasteiger partial charge in [0.2, 0.25) is 0 Å². The maximum Gasteiger partial charge on any atom is 0.197 e. The quantitative estimate of drug-likeness (QED) is 0.804. The van der Waals surface area contributed by atoms with Crippen molar-refractivity contribution in [1.29, 1.82) is 0 Å². The number of alkyl halides is 1. The first kappa shape index (κ1) is 12.2. The Balaban J connectivity index is 3.20. The second-order valence-corrected chi connectivity index (χ2v) is 6.14. The smallest absolute Gasteiger partial charge is 0.197 e. The first-order valence-electron chi connectivity index (χ1n) is 3.57. The van der Waals surface area contributed by atoms with Gasteiger partial charge < -0.3 is 0 Å². The summed E-state index contributed by atoms with van der Waals surface area (Å²) in [5.74, 6) is -0.0964. The predicted molar refractivity (Wildman–Crippen MR) is 59.7 cm³/mol. The fourth-order valence-corrected chi connectivity index (χ4v) is 3.78. The van der Waals surface area contributed by atoms with Gasteiger partial charge in [-0.25, -0.2) is 13.4 Å². The van der Waals surface area contributed by atoms with E-state index in [1.165, 1.54) is 12.3 Å². The molecule has 0 saturated carbocycles. The Morgan fingerprint density at radius 1 is 1.50 bits per heavy atom. The Morgan fingerprint density at radius 3 is 2.64 bits per heavy atom. The molecule has 0 amide bonds. The van der Waals surface area contributed by atoms with E-state index in [-0.39, 0.29) is 16.7 Å². The second-order valence-electron chi connectivity index (χ2n) is 2.45. The van der Waals surface area contributed by atoms with Gasteiger partial charge in [0.25, 0.3) is 0 Å². The second kappa shape index (κ2) is 4.79. The van der Waals surface area contributed by atoms with E-state index in [0.29, 0.717) is 9.50 Å². The van der Waals surface area contributed by atoms with Gasteiger partial charge in [0, 0.05) is 12.1 Å². The first-order chi connectivity index (χ1) is 6.47. The molecule has 1 heterocycles. The maximum atomic E-state index is 11.5. The summed E-state index contributed by atoms with van der Waals surface area (Å²) in [6, 6.07) is 1.48. The standard InChI is InChI=1S/C7H6BrCl2NO2S/c8-6-3-5(10)4-11-7(6)14(12,13)2-1-9/h3-4H,1-2H2. The van der Waals surface area contributed by atoms with Crippen LogP contribution >= 0.6 is 39.1 Å². The third-order valence-electron chi connectivity index (χ3n) is 1.41. The Hall–Kier alpha value is 0.160. The molecule has 0 aliphatic rings. The molecule has 0 N–H and O–H groups in total. The van der Waals surface area contributed by atoms with Crippen molar-refractivity contribution in [2.75, 3.05) is 11.6 Å². The average Bonchev–Trinajstić information content (AvgIpc) is 2.02. The minimum absolute atomic E-state index is 0.0254. The van der Waals surface area contributed by atoms with Crippen molar-refractivity contribution in [3.8, 4) is 0 Å². The molecule has 0 aromatic carbocycles. The molecule has 1 rings (SSSR count). The van der Waals surface area contributed by atoms with Gasteiger partial charge in [-0.3, -0.25) is 0 Å². The summed E-state index contributed by atoms with van der Waals surface area (Å²) < 4.78 is 23.4. The van der Waals surface area contributed by atoms with Gasteiger partial charge in [0.15, 0.2) is 14.9 Å². The van der Waals surface area contributed by atoms with Crippen LogP contribution in [0.5, 0.6) is 0 Å². The number of pyridine rings is 1. The zero-order chi connectivity index (χ0) is 10.8. The van der Waals surface area contributed by atoms with Crippen LogP contribution in [0.1, 0.15) is 0 Å². The van der Waals surface area contributed by atoms with Gasteiger partial charge in [-0.2, -0.15) is 0 Å². The van der Waals surface area contributed by atoms with Crippen LogP contribution < -0.4 is 0 Å². The van der Waals surface area contributed by atoms with E-state index in [0.717, 1.165) is 0 Å². The highest BCUT2D eigenvalue weighted by atomic mass is 79.9. The lowest BCUT2D eigenvalue weighted by Gasteiger charge is -2.03. The van der Waals surface area contributed by atoms with Crippen molar-refractivity contribution in [3.63, 3.8) is 0 Å². The van der Waals surface area contributed by atoms with Crippen molar-refractivity contribution >= 4 is 49.0 Å². The van der Waals surface area contributed by atoms with E-state index in [4.69, 9.17) is 23.2 Å². The van der Waals surface area contributed by atoms with Crippen LogP contribution in [0, 0.1) is 0 Å². The summed E-state index contributed by atoms with van der Waals surface area (Å²) in [7, 11) is -3.41. The van der Waals surface area contributed by atoms with Gasteiger partial charge >= 0.3 is 0 Å². The van der Waals surface area contributed by atoms with Crippen LogP contribution in [0.3, 0.4) is 0 Å². The molecule has 0 aliphatic carbocycles. The molecule has 14 heavy (non-hydrogen) atoms. The molecule has 0 radical (unpaired) electrons. The normalized spacial score (nSPS) is 11.6. The van der Waals surface area contributed by atoms with Crippen molar-refractivity contribution in [2.24, 2.45) is 0 Å². The Labute approximate surface area is 100 Å². The summed E-state index contributed by atoms with van der Waals surface area (Å²) in [6.45, 7) is 0. The van der Waals surface area contributed by atoms with E-state index in [1.807, 2.05) is 0 Å². The molecule has 0 saturated heterocycles. The van der Waals surface area contributed by atoms with Crippen LogP contribution in [0.4, 0.5) is 0 Å². The third-order valence-corrected chi connectivity index (χ3v) is 4.56. The van der Waals surface area contributed by atoms with E-state index in [1.54, 1.807) is 0 Å². The van der Waals surface area contributed by atoms with Crippen molar-refractivity contribution in [1.82, 2.24) is 4.98 Å². The van der Waals surface area contributed by atoms with Gasteiger partial charge in [-0.1, -0.05) is 11.6 Å². The Morgan fingerprint density at radius 2 is 2.14 bits per heavy atom. The fourth-order valence-electron chi connectivity index (χ4n) is 0.829. The number of nitrogens with zero attached hydrogens (tertiary/aromatic N) is 1. The van der Waals surface area contributed by atoms with E-state index >= 15 is 0 Å². The summed E-state index contributed by atoms with van der Waals surface area (Å²) in [5.41, 5.74) is 0. The van der Waals surface area contributed by atoms with E-state index in [9.17, 15) is 8.42 Å². The van der Waals surface area contributed by atoms with Crippen molar-refractivity contribution < 1.29 is 8.42 Å². The maximum absolute atomic E-state index is 11.5. The molecule has 0 bridgehead atoms. The molecule has 0 unspecified atom stereocenters. The third kappa shape index (κ3) is 2.82. The average molecular weight is 319 g/mol. The van der Waals surface area contributed by atoms with E-state index in [2.05, 4.69) is 20.9 Å². The van der Waals surface area contributed by atoms with Crippen LogP contribution in [0.2, 0.25) is 5.02 Å². The number of sulfone groups is 1. The molecule has 0 fully saturated rings. The highest BCUT2D eigenvalue weighted by Gasteiger charge is 2.18. The Kier molecular flexibility index (Phi) is 4.18. The molecule has 3 nitrogen and oxygen atoms in total. The molecule has 0 aliphatic heterocycles. The molecule has 0 spiro atoms. The highest BCUT2D eigenvalue weighted by Crippen LogP contribution is 2.23. The SMILES string of the molecule is O=S(=O)(CCCl)c1ncc(Cl)cc1Br. The summed E-state index contributed by atoms with van der Waals surface area (Å²) in [5, 5.41) is 0.351. The van der Waals surface area contributed by atoms with Crippen LogP contribution in [-0.4, -0.2) is 25.0 Å². The summed E-state index contributed by atoms with van der Waals surface area (Å²) in [6.07, 6.45) is 1.29. The van der Waals surface area contributed by atoms with Gasteiger partial charge in [0.05, 0.1) is 15.2 Å². The molecular weight excluding hydrogens is 313 g/mol. The first-order valence-corrected chi connectivity index (χ1v) is 6.93. The van der Waals surface area contributed by atoms with Crippen molar-refractivity contribution in [3.05, 3.63) is 21.8 Å². The molecule has 1 aromatic heterocycles. The van der Waals surface area contributed by atoms with E-state index < -0.39 is 9.84 Å². The summed E-state index contributed by atoms with van der Waals surface area (Å²) >= 11 is 14.1. The van der Waals surface area contributed by atoms with Gasteiger partial charge in [-0.05, 0) is 22.0 Å². The number of rotatable bonds is 3. The number of halogens is 3. The topological polar surface area (TPSA) is 47.0 Å². The zero-order valence-electron chi connectivity index (χ0n) is 6.87. The molecule has 7 heteroatoms. The van der Waals surface area contributed by atoms with Crippen LogP contribution in [0.15, 0.2) is 21.8 Å². The summed E-state index contributed by atoms with van der Waals surface area (Å²) in [4.78, 5) is 3.74. The lowest BCUT2D eigenvalue weighted by Crippen LogP contribution is -2.10. The number of hydrogen-bond acceptors (Lipinski definition) is 3. The largest absolute Gasteiger partial charge is 0.242 e. The molecular formula is C7H6BrCl2NO2S. The lowest BCUT2D eigenvalue weighted by atomic mass is 10.5. The monoisotopic (exact) mass is 317 g/mol. The van der Waals surface area contributed by atoms with Crippen LogP contribution in [-0.2, 0) is 9.84 Å².